The fourth-order valence-corrected chi connectivity index (χ4v) is 3.63. The second-order valence-corrected chi connectivity index (χ2v) is 6.82. The highest BCUT2D eigenvalue weighted by Crippen LogP contribution is 2.24. The first kappa shape index (κ1) is 15.9. The van der Waals surface area contributed by atoms with Gasteiger partial charge in [-0.1, -0.05) is 6.07 Å². The van der Waals surface area contributed by atoms with Crippen molar-refractivity contribution >= 4 is 23.0 Å². The minimum absolute atomic E-state index is 0.0449. The number of thiophene rings is 1. The minimum atomic E-state index is -0.294. The Labute approximate surface area is 138 Å². The van der Waals surface area contributed by atoms with Crippen LogP contribution in [0.25, 0.3) is 0 Å². The van der Waals surface area contributed by atoms with E-state index in [4.69, 9.17) is 0 Å². The molecule has 0 bridgehead atoms. The number of carbonyl (C=O) groups excluding carboxylic acids is 2. The second-order valence-electron chi connectivity index (χ2n) is 5.87. The number of hydrogen-bond donors (Lipinski definition) is 0. The standard InChI is InChI=1S/C18H18FNO2S/c1-12-11-14(4-5-15(12)19)17(21)13-6-8-20(9-7-13)18(22)16-3-2-10-23-16/h2-5,10-11,13H,6-9H2,1H3. The number of carbonyl (C=O) groups is 2. The molecule has 1 aromatic heterocycles. The number of benzene rings is 1. The van der Waals surface area contributed by atoms with Gasteiger partial charge in [-0.15, -0.1) is 11.3 Å². The molecule has 1 aromatic carbocycles. The summed E-state index contributed by atoms with van der Waals surface area (Å²) in [6.07, 6.45) is 1.32. The normalized spacial score (nSPS) is 15.7. The van der Waals surface area contributed by atoms with E-state index in [9.17, 15) is 14.0 Å². The highest BCUT2D eigenvalue weighted by molar-refractivity contribution is 7.12. The van der Waals surface area contributed by atoms with E-state index in [2.05, 4.69) is 0 Å². The Hall–Kier alpha value is -2.01. The third-order valence-electron chi connectivity index (χ3n) is 4.33. The largest absolute Gasteiger partial charge is 0.338 e. The lowest BCUT2D eigenvalue weighted by Crippen LogP contribution is -2.40. The number of hydrogen-bond acceptors (Lipinski definition) is 3. The molecule has 2 heterocycles. The molecule has 0 unspecified atom stereocenters. The van der Waals surface area contributed by atoms with E-state index in [-0.39, 0.29) is 23.4 Å². The van der Waals surface area contributed by atoms with Crippen molar-refractivity contribution in [3.63, 3.8) is 0 Å². The first-order valence-electron chi connectivity index (χ1n) is 7.69. The van der Waals surface area contributed by atoms with E-state index in [0.29, 0.717) is 37.1 Å². The molecule has 0 spiro atoms. The fourth-order valence-electron chi connectivity index (χ4n) is 2.93. The second kappa shape index (κ2) is 6.62. The van der Waals surface area contributed by atoms with Gasteiger partial charge < -0.3 is 4.90 Å². The number of amides is 1. The third-order valence-corrected chi connectivity index (χ3v) is 5.19. The summed E-state index contributed by atoms with van der Waals surface area (Å²) >= 11 is 1.44. The molecule has 0 saturated carbocycles. The monoisotopic (exact) mass is 331 g/mol. The van der Waals surface area contributed by atoms with Crippen LogP contribution in [0.4, 0.5) is 4.39 Å². The maximum atomic E-state index is 13.3. The summed E-state index contributed by atoms with van der Waals surface area (Å²) in [6.45, 7) is 2.84. The summed E-state index contributed by atoms with van der Waals surface area (Å²) < 4.78 is 13.3. The van der Waals surface area contributed by atoms with Gasteiger partial charge in [0, 0.05) is 24.6 Å². The lowest BCUT2D eigenvalue weighted by Gasteiger charge is -2.31. The highest BCUT2D eigenvalue weighted by atomic mass is 32.1. The Bertz CT molecular complexity index is 719. The zero-order chi connectivity index (χ0) is 16.4. The average Bonchev–Trinajstić information content (AvgIpc) is 3.11. The lowest BCUT2D eigenvalue weighted by molar-refractivity contribution is 0.0654. The number of nitrogens with zero attached hydrogens (tertiary/aromatic N) is 1. The van der Waals surface area contributed by atoms with Gasteiger partial charge in [0.15, 0.2) is 5.78 Å². The van der Waals surface area contributed by atoms with E-state index in [1.165, 1.54) is 17.4 Å². The van der Waals surface area contributed by atoms with Crippen LogP contribution >= 0.6 is 11.3 Å². The molecule has 0 atom stereocenters. The Morgan fingerprint density at radius 2 is 1.96 bits per heavy atom. The van der Waals surface area contributed by atoms with Crippen LogP contribution in [0, 0.1) is 18.7 Å². The number of likely N-dealkylation sites (tertiary alicyclic amines) is 1. The predicted molar refractivity (Wildman–Crippen MR) is 88.4 cm³/mol. The van der Waals surface area contributed by atoms with Crippen molar-refractivity contribution in [1.29, 1.82) is 0 Å². The van der Waals surface area contributed by atoms with E-state index >= 15 is 0 Å². The molecule has 23 heavy (non-hydrogen) atoms. The summed E-state index contributed by atoms with van der Waals surface area (Å²) in [4.78, 5) is 27.4. The summed E-state index contributed by atoms with van der Waals surface area (Å²) in [5.41, 5.74) is 1.05. The van der Waals surface area contributed by atoms with Crippen molar-refractivity contribution in [3.05, 3.63) is 57.5 Å². The van der Waals surface area contributed by atoms with Gasteiger partial charge in [-0.3, -0.25) is 9.59 Å². The fraction of sp³-hybridized carbons (Fsp3) is 0.333. The van der Waals surface area contributed by atoms with Gasteiger partial charge in [0.1, 0.15) is 5.82 Å². The van der Waals surface area contributed by atoms with Crippen LogP contribution < -0.4 is 0 Å². The maximum Gasteiger partial charge on any atom is 0.263 e. The Balaban J connectivity index is 1.63. The summed E-state index contributed by atoms with van der Waals surface area (Å²) in [6, 6.07) is 8.20. The van der Waals surface area contributed by atoms with Gasteiger partial charge in [0.25, 0.3) is 5.91 Å². The van der Waals surface area contributed by atoms with Gasteiger partial charge in [-0.05, 0) is 55.0 Å². The van der Waals surface area contributed by atoms with E-state index < -0.39 is 0 Å². The van der Waals surface area contributed by atoms with E-state index in [0.717, 1.165) is 4.88 Å². The van der Waals surface area contributed by atoms with Crippen molar-refractivity contribution in [3.8, 4) is 0 Å². The van der Waals surface area contributed by atoms with Crippen LogP contribution in [0.1, 0.15) is 38.4 Å². The molecule has 0 N–H and O–H groups in total. The van der Waals surface area contributed by atoms with Gasteiger partial charge in [-0.25, -0.2) is 4.39 Å². The topological polar surface area (TPSA) is 37.4 Å². The number of piperidine rings is 1. The number of rotatable bonds is 3. The van der Waals surface area contributed by atoms with Gasteiger partial charge in [-0.2, -0.15) is 0 Å². The molecular formula is C18H18FNO2S. The number of ketones is 1. The molecule has 1 amide bonds. The van der Waals surface area contributed by atoms with Crippen molar-refractivity contribution in [1.82, 2.24) is 4.90 Å². The minimum Gasteiger partial charge on any atom is -0.338 e. The van der Waals surface area contributed by atoms with Crippen LogP contribution in [-0.4, -0.2) is 29.7 Å². The summed E-state index contributed by atoms with van der Waals surface area (Å²) in [5, 5.41) is 1.89. The van der Waals surface area contributed by atoms with Crippen LogP contribution in [0.3, 0.4) is 0 Å². The van der Waals surface area contributed by atoms with E-state index in [1.807, 2.05) is 22.4 Å². The third kappa shape index (κ3) is 3.34. The van der Waals surface area contributed by atoms with Crippen LogP contribution in [0.5, 0.6) is 0 Å². The molecule has 1 saturated heterocycles. The zero-order valence-corrected chi connectivity index (χ0v) is 13.7. The Kier molecular flexibility index (Phi) is 4.57. The number of halogens is 1. The van der Waals surface area contributed by atoms with Crippen LogP contribution in [0.15, 0.2) is 35.7 Å². The van der Waals surface area contributed by atoms with Crippen LogP contribution in [0.2, 0.25) is 0 Å². The number of Topliss-reactive ketones (excluding diaryl/α,β-unsaturated/α-hetero) is 1. The smallest absolute Gasteiger partial charge is 0.263 e. The molecule has 1 aliphatic heterocycles. The first-order valence-corrected chi connectivity index (χ1v) is 8.57. The first-order chi connectivity index (χ1) is 11.1. The average molecular weight is 331 g/mol. The van der Waals surface area contributed by atoms with Gasteiger partial charge in [0.05, 0.1) is 4.88 Å². The molecule has 2 aromatic rings. The molecule has 0 aliphatic carbocycles. The van der Waals surface area contributed by atoms with Gasteiger partial charge >= 0.3 is 0 Å². The number of aryl methyl sites for hydroxylation is 1. The molecule has 1 fully saturated rings. The lowest BCUT2D eigenvalue weighted by atomic mass is 9.88. The summed E-state index contributed by atoms with van der Waals surface area (Å²) in [5.74, 6) is -0.287. The maximum absolute atomic E-state index is 13.3. The molecule has 0 radical (unpaired) electrons. The molecule has 3 rings (SSSR count). The Morgan fingerprint density at radius 1 is 1.22 bits per heavy atom. The van der Waals surface area contributed by atoms with Crippen molar-refractivity contribution < 1.29 is 14.0 Å². The highest BCUT2D eigenvalue weighted by Gasteiger charge is 2.28. The zero-order valence-electron chi connectivity index (χ0n) is 12.9. The molecule has 3 nitrogen and oxygen atoms in total. The molecule has 1 aliphatic rings. The van der Waals surface area contributed by atoms with Gasteiger partial charge in [0.2, 0.25) is 0 Å². The van der Waals surface area contributed by atoms with Crippen LogP contribution in [-0.2, 0) is 0 Å². The predicted octanol–water partition coefficient (Wildman–Crippen LogP) is 3.93. The SMILES string of the molecule is Cc1cc(C(=O)C2CCN(C(=O)c3cccs3)CC2)ccc1F. The van der Waals surface area contributed by atoms with Crippen molar-refractivity contribution in [2.45, 2.75) is 19.8 Å². The molecule has 5 heteroatoms. The van der Waals surface area contributed by atoms with Crippen molar-refractivity contribution in [2.24, 2.45) is 5.92 Å². The molecule has 120 valence electrons. The summed E-state index contributed by atoms with van der Waals surface area (Å²) in [7, 11) is 0. The van der Waals surface area contributed by atoms with Crippen molar-refractivity contribution in [2.75, 3.05) is 13.1 Å². The molecular weight excluding hydrogens is 313 g/mol. The van der Waals surface area contributed by atoms with E-state index in [1.54, 1.807) is 19.1 Å². The quantitative estimate of drug-likeness (QED) is 0.799. The Morgan fingerprint density at radius 3 is 2.57 bits per heavy atom.